The molecule has 0 aliphatic heterocycles. The SMILES string of the molecule is CS(=O)(=O)[n+]1ccc(N)cc1. The number of nitrogen functional groups attached to an aromatic ring is 1. The molecule has 0 unspecified atom stereocenters. The predicted molar refractivity (Wildman–Crippen MR) is 41.3 cm³/mol. The normalized spacial score (nSPS) is 11.4. The number of nitrogens with zero attached hydrogens (tertiary/aromatic N) is 1. The van der Waals surface area contributed by atoms with E-state index in [1.165, 1.54) is 24.5 Å². The maximum atomic E-state index is 10.9. The first-order valence-corrected chi connectivity index (χ1v) is 4.82. The lowest BCUT2D eigenvalue weighted by Gasteiger charge is -1.91. The molecule has 2 N–H and O–H groups in total. The van der Waals surface area contributed by atoms with Crippen molar-refractivity contribution in [2.24, 2.45) is 0 Å². The number of hydrogen-bond donors (Lipinski definition) is 1. The van der Waals surface area contributed by atoms with Crippen molar-refractivity contribution in [1.29, 1.82) is 0 Å². The van der Waals surface area contributed by atoms with Gasteiger partial charge in [-0.2, -0.15) is 8.42 Å². The number of nitrogens with two attached hydrogens (primary N) is 1. The maximum absolute atomic E-state index is 10.9. The Balaban J connectivity index is 3.20. The van der Waals surface area contributed by atoms with Gasteiger partial charge in [0.2, 0.25) is 0 Å². The van der Waals surface area contributed by atoms with Gasteiger partial charge < -0.3 is 5.73 Å². The molecule has 60 valence electrons. The van der Waals surface area contributed by atoms with Gasteiger partial charge in [0, 0.05) is 17.8 Å². The standard InChI is InChI=1S/C6H8N2O2S/c1-11(9,10)8-4-2-6(7)3-5-8/h2-5,7H,1H3/p+1. The zero-order valence-electron chi connectivity index (χ0n) is 6.06. The van der Waals surface area contributed by atoms with E-state index >= 15 is 0 Å². The molecular weight excluding hydrogens is 164 g/mol. The predicted octanol–water partition coefficient (Wildman–Crippen LogP) is -0.636. The van der Waals surface area contributed by atoms with E-state index in [0.29, 0.717) is 5.69 Å². The van der Waals surface area contributed by atoms with Gasteiger partial charge in [-0.1, -0.05) is 3.97 Å². The molecule has 0 bridgehead atoms. The summed E-state index contributed by atoms with van der Waals surface area (Å²) >= 11 is 0. The highest BCUT2D eigenvalue weighted by atomic mass is 32.2. The molecule has 11 heavy (non-hydrogen) atoms. The third-order valence-electron chi connectivity index (χ3n) is 1.21. The van der Waals surface area contributed by atoms with E-state index in [4.69, 9.17) is 5.73 Å². The van der Waals surface area contributed by atoms with E-state index in [9.17, 15) is 8.42 Å². The second kappa shape index (κ2) is 2.50. The number of rotatable bonds is 1. The molecule has 0 aliphatic carbocycles. The highest BCUT2D eigenvalue weighted by Gasteiger charge is 2.11. The smallest absolute Gasteiger partial charge is 0.366 e. The second-order valence-electron chi connectivity index (χ2n) is 2.22. The summed E-state index contributed by atoms with van der Waals surface area (Å²) in [6, 6.07) is 3.06. The summed E-state index contributed by atoms with van der Waals surface area (Å²) in [6.45, 7) is 0. The summed E-state index contributed by atoms with van der Waals surface area (Å²) < 4.78 is 22.8. The van der Waals surface area contributed by atoms with Crippen molar-refractivity contribution in [2.45, 2.75) is 0 Å². The van der Waals surface area contributed by atoms with Crippen molar-refractivity contribution >= 4 is 15.7 Å². The van der Waals surface area contributed by atoms with Crippen LogP contribution in [-0.2, 0) is 10.0 Å². The second-order valence-corrected chi connectivity index (χ2v) is 4.11. The molecule has 1 aromatic heterocycles. The van der Waals surface area contributed by atoms with Crippen molar-refractivity contribution in [3.63, 3.8) is 0 Å². The lowest BCUT2D eigenvalue weighted by molar-refractivity contribution is -0.510. The fourth-order valence-corrected chi connectivity index (χ4v) is 1.21. The van der Waals surface area contributed by atoms with Crippen LogP contribution >= 0.6 is 0 Å². The summed E-state index contributed by atoms with van der Waals surface area (Å²) in [6.07, 6.45) is 3.94. The van der Waals surface area contributed by atoms with Gasteiger partial charge in [0.1, 0.15) is 0 Å². The quantitative estimate of drug-likeness (QED) is 0.575. The van der Waals surface area contributed by atoms with E-state index in [2.05, 4.69) is 0 Å². The fourth-order valence-electron chi connectivity index (χ4n) is 0.645. The third-order valence-corrected chi connectivity index (χ3v) is 2.22. The minimum atomic E-state index is -3.16. The van der Waals surface area contributed by atoms with Crippen LogP contribution in [0.15, 0.2) is 24.5 Å². The summed E-state index contributed by atoms with van der Waals surface area (Å²) in [5.74, 6) is 0. The summed E-state index contributed by atoms with van der Waals surface area (Å²) in [7, 11) is -3.16. The van der Waals surface area contributed by atoms with Crippen LogP contribution in [0.1, 0.15) is 0 Å². The monoisotopic (exact) mass is 173 g/mol. The van der Waals surface area contributed by atoms with Crippen molar-refractivity contribution in [3.8, 4) is 0 Å². The van der Waals surface area contributed by atoms with E-state index in [1.807, 2.05) is 0 Å². The molecule has 1 heterocycles. The molecule has 0 amide bonds. The Morgan fingerprint density at radius 1 is 1.36 bits per heavy atom. The lowest BCUT2D eigenvalue weighted by Crippen LogP contribution is -2.40. The van der Waals surface area contributed by atoms with Crippen LogP contribution in [0, 0.1) is 0 Å². The Kier molecular flexibility index (Phi) is 1.82. The van der Waals surface area contributed by atoms with E-state index < -0.39 is 10.0 Å². The van der Waals surface area contributed by atoms with Crippen LogP contribution < -0.4 is 9.71 Å². The van der Waals surface area contributed by atoms with Gasteiger partial charge in [-0.3, -0.25) is 0 Å². The molecule has 1 aromatic rings. The minimum Gasteiger partial charge on any atom is -0.398 e. The van der Waals surface area contributed by atoms with Gasteiger partial charge in [0.25, 0.3) is 0 Å². The highest BCUT2D eigenvalue weighted by molar-refractivity contribution is 7.84. The van der Waals surface area contributed by atoms with E-state index in [1.54, 1.807) is 0 Å². The number of aromatic nitrogens is 1. The summed E-state index contributed by atoms with van der Waals surface area (Å²) in [5.41, 5.74) is 5.91. The molecule has 0 aliphatic rings. The molecule has 0 saturated carbocycles. The van der Waals surface area contributed by atoms with Gasteiger partial charge in [0.05, 0.1) is 6.26 Å². The van der Waals surface area contributed by atoms with Crippen molar-refractivity contribution in [2.75, 3.05) is 12.0 Å². The van der Waals surface area contributed by atoms with Gasteiger partial charge in [-0.25, -0.2) is 0 Å². The van der Waals surface area contributed by atoms with Crippen LogP contribution in [0.4, 0.5) is 5.69 Å². The molecule has 0 fully saturated rings. The maximum Gasteiger partial charge on any atom is 0.366 e. The summed E-state index contributed by atoms with van der Waals surface area (Å²) in [4.78, 5) is 0. The summed E-state index contributed by atoms with van der Waals surface area (Å²) in [5, 5.41) is 0. The molecule has 0 saturated heterocycles. The zero-order valence-corrected chi connectivity index (χ0v) is 6.88. The molecule has 0 atom stereocenters. The van der Waals surface area contributed by atoms with Crippen LogP contribution in [-0.4, -0.2) is 14.7 Å². The minimum absolute atomic E-state index is 0.546. The van der Waals surface area contributed by atoms with Crippen LogP contribution in [0.2, 0.25) is 0 Å². The fraction of sp³-hybridized carbons (Fsp3) is 0.167. The van der Waals surface area contributed by atoms with Crippen molar-refractivity contribution in [3.05, 3.63) is 24.5 Å². The van der Waals surface area contributed by atoms with Crippen LogP contribution in [0.3, 0.4) is 0 Å². The first-order chi connectivity index (χ1) is 5.00. The number of pyridine rings is 1. The van der Waals surface area contributed by atoms with Crippen LogP contribution in [0.5, 0.6) is 0 Å². The Labute approximate surface area is 65.3 Å². The number of hydrogen-bond acceptors (Lipinski definition) is 3. The molecule has 0 aromatic carbocycles. The molecule has 5 heteroatoms. The van der Waals surface area contributed by atoms with Gasteiger partial charge in [-0.15, -0.1) is 0 Å². The topological polar surface area (TPSA) is 64.0 Å². The van der Waals surface area contributed by atoms with E-state index in [-0.39, 0.29) is 0 Å². The number of anilines is 1. The average molecular weight is 173 g/mol. The van der Waals surface area contributed by atoms with Crippen LogP contribution in [0.25, 0.3) is 0 Å². The third kappa shape index (κ3) is 1.91. The first-order valence-electron chi connectivity index (χ1n) is 2.97. The Hall–Kier alpha value is -1.10. The van der Waals surface area contributed by atoms with Gasteiger partial charge in [-0.05, 0) is 0 Å². The van der Waals surface area contributed by atoms with Crippen molar-refractivity contribution < 1.29 is 12.4 Å². The Bertz CT molecular complexity index is 341. The Morgan fingerprint density at radius 3 is 2.18 bits per heavy atom. The largest absolute Gasteiger partial charge is 0.398 e. The molecule has 0 spiro atoms. The first kappa shape index (κ1) is 8.00. The lowest BCUT2D eigenvalue weighted by atomic mass is 10.4. The Morgan fingerprint density at radius 2 is 1.82 bits per heavy atom. The average Bonchev–Trinajstić information content (AvgIpc) is 1.86. The van der Waals surface area contributed by atoms with Crippen molar-refractivity contribution in [1.82, 2.24) is 0 Å². The van der Waals surface area contributed by atoms with Gasteiger partial charge >= 0.3 is 10.0 Å². The molecular formula is C6H9N2O2S+. The molecule has 4 nitrogen and oxygen atoms in total. The zero-order chi connectivity index (χ0) is 8.48. The highest BCUT2D eigenvalue weighted by Crippen LogP contribution is 1.93. The molecule has 1 rings (SSSR count). The van der Waals surface area contributed by atoms with Gasteiger partial charge in [0.15, 0.2) is 12.4 Å². The van der Waals surface area contributed by atoms with E-state index in [0.717, 1.165) is 10.2 Å². The molecule has 0 radical (unpaired) electrons.